The molecule has 2 rings (SSSR count). The van der Waals surface area contributed by atoms with E-state index in [1.807, 2.05) is 38.1 Å². The third kappa shape index (κ3) is 4.67. The molecule has 0 atom stereocenters. The molecule has 0 saturated carbocycles. The van der Waals surface area contributed by atoms with Gasteiger partial charge in [-0.1, -0.05) is 24.3 Å². The van der Waals surface area contributed by atoms with Crippen LogP contribution in [0.3, 0.4) is 0 Å². The highest BCUT2D eigenvalue weighted by atomic mass is 16.5. The topological polar surface area (TPSA) is 64.6 Å². The van der Waals surface area contributed by atoms with E-state index in [2.05, 4.69) is 5.32 Å². The number of methoxy groups -OCH3 is 2. The Labute approximate surface area is 148 Å². The average Bonchev–Trinajstić information content (AvgIpc) is 2.60. The van der Waals surface area contributed by atoms with Crippen molar-refractivity contribution in [1.29, 1.82) is 0 Å². The molecule has 0 bridgehead atoms. The predicted octanol–water partition coefficient (Wildman–Crippen LogP) is 3.17. The van der Waals surface area contributed by atoms with E-state index in [9.17, 15) is 9.59 Å². The first-order valence-electron chi connectivity index (χ1n) is 8.02. The quantitative estimate of drug-likeness (QED) is 0.818. The summed E-state index contributed by atoms with van der Waals surface area (Å²) < 4.78 is 9.51. The Morgan fingerprint density at radius 1 is 0.800 bits per heavy atom. The molecule has 0 unspecified atom stereocenters. The number of hydrogen-bond donors (Lipinski definition) is 1. The molecular formula is C20H23NO4. The van der Waals surface area contributed by atoms with Crippen LogP contribution in [0.1, 0.15) is 43.0 Å². The molecule has 5 nitrogen and oxygen atoms in total. The van der Waals surface area contributed by atoms with Gasteiger partial charge in [0.05, 0.1) is 25.3 Å². The fourth-order valence-electron chi connectivity index (χ4n) is 2.70. The summed E-state index contributed by atoms with van der Waals surface area (Å²) in [5.74, 6) is -0.642. The van der Waals surface area contributed by atoms with E-state index in [1.54, 1.807) is 12.1 Å². The summed E-state index contributed by atoms with van der Waals surface area (Å²) in [6.07, 6.45) is 0. The molecule has 0 amide bonds. The van der Waals surface area contributed by atoms with E-state index < -0.39 is 0 Å². The zero-order chi connectivity index (χ0) is 18.4. The maximum atomic E-state index is 11.6. The molecule has 0 saturated heterocycles. The monoisotopic (exact) mass is 341 g/mol. The second-order valence-electron chi connectivity index (χ2n) is 5.89. The number of hydrogen-bond acceptors (Lipinski definition) is 5. The Morgan fingerprint density at radius 2 is 1.20 bits per heavy atom. The maximum Gasteiger partial charge on any atom is 0.338 e. The summed E-state index contributed by atoms with van der Waals surface area (Å²) in [5, 5.41) is 3.37. The predicted molar refractivity (Wildman–Crippen MR) is 95.6 cm³/mol. The van der Waals surface area contributed by atoms with E-state index in [-0.39, 0.29) is 11.9 Å². The fourth-order valence-corrected chi connectivity index (χ4v) is 2.70. The lowest BCUT2D eigenvalue weighted by molar-refractivity contribution is 0.0591. The number of carbonyl (C=O) groups is 2. The van der Waals surface area contributed by atoms with Crippen molar-refractivity contribution in [2.24, 2.45) is 0 Å². The normalized spacial score (nSPS) is 10.4. The van der Waals surface area contributed by atoms with Crippen molar-refractivity contribution >= 4 is 11.9 Å². The maximum absolute atomic E-state index is 11.6. The Morgan fingerprint density at radius 3 is 1.52 bits per heavy atom. The Kier molecular flexibility index (Phi) is 6.31. The van der Waals surface area contributed by atoms with Gasteiger partial charge in [-0.25, -0.2) is 9.59 Å². The van der Waals surface area contributed by atoms with Gasteiger partial charge < -0.3 is 14.8 Å². The minimum Gasteiger partial charge on any atom is -0.465 e. The molecule has 2 aromatic carbocycles. The minimum atomic E-state index is -0.321. The Balaban J connectivity index is 1.97. The molecule has 0 aliphatic heterocycles. The lowest BCUT2D eigenvalue weighted by Gasteiger charge is -2.10. The molecular weight excluding hydrogens is 318 g/mol. The van der Waals surface area contributed by atoms with Gasteiger partial charge in [-0.2, -0.15) is 0 Å². The standard InChI is InChI=1S/C20H23NO4/c1-13-9-15(5-7-17(13)19(22)24-3)11-21-12-16-6-8-18(14(2)10-16)20(23)25-4/h5-10,21H,11-12H2,1-4H3. The molecule has 0 radical (unpaired) electrons. The van der Waals surface area contributed by atoms with Crippen LogP contribution in [-0.4, -0.2) is 26.2 Å². The van der Waals surface area contributed by atoms with Crippen LogP contribution in [0.4, 0.5) is 0 Å². The van der Waals surface area contributed by atoms with E-state index in [4.69, 9.17) is 9.47 Å². The van der Waals surface area contributed by atoms with Crippen LogP contribution in [0.25, 0.3) is 0 Å². The van der Waals surface area contributed by atoms with Gasteiger partial charge in [0.2, 0.25) is 0 Å². The van der Waals surface area contributed by atoms with Crippen molar-refractivity contribution in [3.05, 3.63) is 69.8 Å². The van der Waals surface area contributed by atoms with Crippen molar-refractivity contribution < 1.29 is 19.1 Å². The van der Waals surface area contributed by atoms with Gasteiger partial charge in [0.25, 0.3) is 0 Å². The third-order valence-corrected chi connectivity index (χ3v) is 4.05. The summed E-state index contributed by atoms with van der Waals surface area (Å²) in [6, 6.07) is 11.4. The molecule has 0 aliphatic rings. The van der Waals surface area contributed by atoms with E-state index in [0.29, 0.717) is 24.2 Å². The number of benzene rings is 2. The number of carbonyl (C=O) groups excluding carboxylic acids is 2. The molecule has 132 valence electrons. The second-order valence-corrected chi connectivity index (χ2v) is 5.89. The molecule has 5 heteroatoms. The van der Waals surface area contributed by atoms with Crippen molar-refractivity contribution in [3.8, 4) is 0 Å². The summed E-state index contributed by atoms with van der Waals surface area (Å²) in [4.78, 5) is 23.2. The number of esters is 2. The first kappa shape index (κ1) is 18.7. The van der Waals surface area contributed by atoms with Crippen LogP contribution < -0.4 is 5.32 Å². The first-order chi connectivity index (χ1) is 12.0. The van der Waals surface area contributed by atoms with Crippen molar-refractivity contribution in [3.63, 3.8) is 0 Å². The summed E-state index contributed by atoms with van der Waals surface area (Å²) in [7, 11) is 2.76. The van der Waals surface area contributed by atoms with Crippen LogP contribution in [0.5, 0.6) is 0 Å². The van der Waals surface area contributed by atoms with Gasteiger partial charge in [-0.05, 0) is 48.2 Å². The third-order valence-electron chi connectivity index (χ3n) is 4.05. The number of nitrogens with one attached hydrogen (secondary N) is 1. The highest BCUT2D eigenvalue weighted by Crippen LogP contribution is 2.14. The van der Waals surface area contributed by atoms with Crippen LogP contribution >= 0.6 is 0 Å². The molecule has 0 aromatic heterocycles. The van der Waals surface area contributed by atoms with Crippen molar-refractivity contribution in [2.75, 3.05) is 14.2 Å². The largest absolute Gasteiger partial charge is 0.465 e. The molecule has 0 heterocycles. The fraction of sp³-hybridized carbons (Fsp3) is 0.300. The van der Waals surface area contributed by atoms with Gasteiger partial charge in [-0.3, -0.25) is 0 Å². The van der Waals surface area contributed by atoms with E-state index >= 15 is 0 Å². The lowest BCUT2D eigenvalue weighted by Crippen LogP contribution is -2.14. The lowest BCUT2D eigenvalue weighted by atomic mass is 10.0. The van der Waals surface area contributed by atoms with Gasteiger partial charge in [0, 0.05) is 13.1 Å². The number of ether oxygens (including phenoxy) is 2. The zero-order valence-corrected chi connectivity index (χ0v) is 15.0. The SMILES string of the molecule is COC(=O)c1ccc(CNCc2ccc(C(=O)OC)c(C)c2)cc1C. The van der Waals surface area contributed by atoms with Crippen molar-refractivity contribution in [1.82, 2.24) is 5.32 Å². The summed E-state index contributed by atoms with van der Waals surface area (Å²) in [6.45, 7) is 5.15. The first-order valence-corrected chi connectivity index (χ1v) is 8.02. The highest BCUT2D eigenvalue weighted by molar-refractivity contribution is 5.91. The van der Waals surface area contributed by atoms with Crippen LogP contribution in [0.15, 0.2) is 36.4 Å². The van der Waals surface area contributed by atoms with Crippen LogP contribution in [0.2, 0.25) is 0 Å². The van der Waals surface area contributed by atoms with Crippen LogP contribution in [0, 0.1) is 13.8 Å². The summed E-state index contributed by atoms with van der Waals surface area (Å²) in [5.41, 5.74) is 5.13. The highest BCUT2D eigenvalue weighted by Gasteiger charge is 2.10. The van der Waals surface area contributed by atoms with Crippen molar-refractivity contribution in [2.45, 2.75) is 26.9 Å². The van der Waals surface area contributed by atoms with E-state index in [1.165, 1.54) is 14.2 Å². The number of rotatable bonds is 6. The van der Waals surface area contributed by atoms with Crippen LogP contribution in [-0.2, 0) is 22.6 Å². The zero-order valence-electron chi connectivity index (χ0n) is 15.0. The Bertz CT molecular complexity index is 718. The minimum absolute atomic E-state index is 0.321. The smallest absolute Gasteiger partial charge is 0.338 e. The van der Waals surface area contributed by atoms with E-state index in [0.717, 1.165) is 22.3 Å². The molecule has 25 heavy (non-hydrogen) atoms. The number of aryl methyl sites for hydroxylation is 2. The molecule has 0 spiro atoms. The van der Waals surface area contributed by atoms with Gasteiger partial charge in [-0.15, -0.1) is 0 Å². The summed E-state index contributed by atoms with van der Waals surface area (Å²) >= 11 is 0. The molecule has 0 fully saturated rings. The van der Waals surface area contributed by atoms with Gasteiger partial charge in [0.1, 0.15) is 0 Å². The van der Waals surface area contributed by atoms with Gasteiger partial charge >= 0.3 is 11.9 Å². The van der Waals surface area contributed by atoms with Gasteiger partial charge in [0.15, 0.2) is 0 Å². The molecule has 1 N–H and O–H groups in total. The second kappa shape index (κ2) is 8.44. The average molecular weight is 341 g/mol. The Hall–Kier alpha value is -2.66. The molecule has 0 aliphatic carbocycles. The molecule has 2 aromatic rings.